The Hall–Kier alpha value is -3.02. The van der Waals surface area contributed by atoms with Crippen LogP contribution >= 0.6 is 34.4 Å². The Bertz CT molecular complexity index is 1340. The second-order valence-electron chi connectivity index (χ2n) is 7.78. The highest BCUT2D eigenvalue weighted by atomic mass is 32.2. The second-order valence-corrected chi connectivity index (χ2v) is 10.8. The lowest BCUT2D eigenvalue weighted by atomic mass is 10.0. The molecule has 0 fully saturated rings. The zero-order valence-corrected chi connectivity index (χ0v) is 21.9. The third kappa shape index (κ3) is 4.91. The average molecular weight is 513 g/mol. The number of thioether (sulfide) groups is 1. The van der Waals surface area contributed by atoms with Gasteiger partial charge in [-0.05, 0) is 19.4 Å². The summed E-state index contributed by atoms with van der Waals surface area (Å²) in [5, 5.41) is 14.7. The summed E-state index contributed by atoms with van der Waals surface area (Å²) in [6, 6.07) is 10.2. The number of hydrogen-bond donors (Lipinski definition) is 1. The number of carbonyl (C=O) groups is 2. The molecule has 1 aromatic carbocycles. The number of amides is 2. The molecule has 2 amide bonds. The minimum absolute atomic E-state index is 0.130. The highest BCUT2D eigenvalue weighted by molar-refractivity contribution is 7.99. The summed E-state index contributed by atoms with van der Waals surface area (Å²) in [5.41, 5.74) is 3.91. The van der Waals surface area contributed by atoms with E-state index in [1.54, 1.807) is 32.4 Å². The van der Waals surface area contributed by atoms with Gasteiger partial charge in [-0.15, -0.1) is 21.5 Å². The fourth-order valence-electron chi connectivity index (χ4n) is 3.39. The Morgan fingerprint density at radius 3 is 2.59 bits per heavy atom. The molecule has 0 spiro atoms. The molecule has 1 N–H and O–H groups in total. The number of thiazole rings is 1. The molecular formula is C23H24N6O2S3. The molecule has 0 saturated carbocycles. The standard InChI is InChI=1S/C23H24N6O2S3/c1-13-19(21(31)28(3)4)34-22(24-13)25-17(30)12-33-23-27-26-20(29(23)5)16-11-32-14(2)18(16)15-9-7-6-8-10-15/h6-11H,12H2,1-5H3,(H,24,25,30). The van der Waals surface area contributed by atoms with E-state index >= 15 is 0 Å². The number of nitrogens with one attached hydrogen (secondary N) is 1. The van der Waals surface area contributed by atoms with Crippen LogP contribution < -0.4 is 5.32 Å². The summed E-state index contributed by atoms with van der Waals surface area (Å²) in [6.45, 7) is 3.86. The van der Waals surface area contributed by atoms with Crippen LogP contribution in [-0.4, -0.2) is 56.3 Å². The first-order valence-electron chi connectivity index (χ1n) is 10.4. The van der Waals surface area contributed by atoms with Gasteiger partial charge in [0.25, 0.3) is 5.91 Å². The largest absolute Gasteiger partial charge is 0.344 e. The van der Waals surface area contributed by atoms with E-state index < -0.39 is 0 Å². The Balaban J connectivity index is 1.46. The van der Waals surface area contributed by atoms with Gasteiger partial charge in [-0.25, -0.2) is 4.98 Å². The summed E-state index contributed by atoms with van der Waals surface area (Å²) >= 11 is 4.16. The lowest BCUT2D eigenvalue weighted by Crippen LogP contribution is -2.21. The van der Waals surface area contributed by atoms with Gasteiger partial charge in [0.15, 0.2) is 16.1 Å². The van der Waals surface area contributed by atoms with Crippen molar-refractivity contribution in [1.82, 2.24) is 24.6 Å². The van der Waals surface area contributed by atoms with Crippen molar-refractivity contribution in [2.75, 3.05) is 25.2 Å². The first-order valence-corrected chi connectivity index (χ1v) is 13.1. The number of aromatic nitrogens is 4. The quantitative estimate of drug-likeness (QED) is 0.360. The van der Waals surface area contributed by atoms with Crippen LogP contribution in [-0.2, 0) is 11.8 Å². The van der Waals surface area contributed by atoms with Gasteiger partial charge in [-0.3, -0.25) is 9.59 Å². The maximum absolute atomic E-state index is 12.5. The van der Waals surface area contributed by atoms with Gasteiger partial charge in [-0.1, -0.05) is 53.4 Å². The molecule has 0 unspecified atom stereocenters. The van der Waals surface area contributed by atoms with Crippen molar-refractivity contribution in [2.45, 2.75) is 19.0 Å². The molecule has 176 valence electrons. The number of anilines is 1. The first kappa shape index (κ1) is 24.1. The molecule has 0 atom stereocenters. The molecule has 11 heteroatoms. The van der Waals surface area contributed by atoms with Gasteiger partial charge in [0, 0.05) is 42.5 Å². The van der Waals surface area contributed by atoms with Crippen molar-refractivity contribution in [2.24, 2.45) is 7.05 Å². The topological polar surface area (TPSA) is 93.0 Å². The van der Waals surface area contributed by atoms with E-state index in [0.717, 1.165) is 22.5 Å². The fourth-order valence-corrected chi connectivity index (χ4v) is 5.97. The average Bonchev–Trinajstić information content (AvgIpc) is 3.48. The van der Waals surface area contributed by atoms with Gasteiger partial charge in [0.2, 0.25) is 5.91 Å². The molecule has 8 nitrogen and oxygen atoms in total. The highest BCUT2D eigenvalue weighted by Gasteiger charge is 2.21. The lowest BCUT2D eigenvalue weighted by molar-refractivity contribution is -0.113. The fraction of sp³-hybridized carbons (Fsp3) is 0.261. The first-order chi connectivity index (χ1) is 16.3. The molecule has 3 aromatic heterocycles. The van der Waals surface area contributed by atoms with Gasteiger partial charge >= 0.3 is 0 Å². The summed E-state index contributed by atoms with van der Waals surface area (Å²) in [7, 11) is 5.28. The van der Waals surface area contributed by atoms with Gasteiger partial charge in [-0.2, -0.15) is 0 Å². The summed E-state index contributed by atoms with van der Waals surface area (Å²) < 4.78 is 1.91. The molecule has 0 radical (unpaired) electrons. The molecule has 0 aliphatic heterocycles. The highest BCUT2D eigenvalue weighted by Crippen LogP contribution is 2.38. The predicted molar refractivity (Wildman–Crippen MR) is 139 cm³/mol. The zero-order valence-electron chi connectivity index (χ0n) is 19.4. The van der Waals surface area contributed by atoms with Crippen LogP contribution in [0.25, 0.3) is 22.5 Å². The summed E-state index contributed by atoms with van der Waals surface area (Å²) in [4.78, 5) is 32.3. The Morgan fingerprint density at radius 2 is 1.88 bits per heavy atom. The second kappa shape index (κ2) is 10.1. The maximum Gasteiger partial charge on any atom is 0.265 e. The van der Waals surface area contributed by atoms with Crippen LogP contribution in [0.1, 0.15) is 20.2 Å². The third-order valence-corrected chi connectivity index (χ3v) is 8.08. The van der Waals surface area contributed by atoms with E-state index in [-0.39, 0.29) is 17.6 Å². The normalized spacial score (nSPS) is 11.0. The number of carbonyl (C=O) groups excluding carboxylic acids is 2. The molecule has 0 saturated heterocycles. The van der Waals surface area contributed by atoms with Crippen LogP contribution in [0.3, 0.4) is 0 Å². The Kier molecular flexibility index (Phi) is 7.15. The minimum Gasteiger partial charge on any atom is -0.344 e. The van der Waals surface area contributed by atoms with Gasteiger partial charge in [0.05, 0.1) is 11.4 Å². The van der Waals surface area contributed by atoms with Crippen LogP contribution in [0.4, 0.5) is 5.13 Å². The van der Waals surface area contributed by atoms with Crippen molar-refractivity contribution < 1.29 is 9.59 Å². The van der Waals surface area contributed by atoms with Crippen LogP contribution in [0.5, 0.6) is 0 Å². The van der Waals surface area contributed by atoms with E-state index in [4.69, 9.17) is 0 Å². The van der Waals surface area contributed by atoms with Gasteiger partial charge < -0.3 is 14.8 Å². The van der Waals surface area contributed by atoms with Crippen molar-refractivity contribution in [1.29, 1.82) is 0 Å². The number of thiophene rings is 1. The number of hydrogen-bond acceptors (Lipinski definition) is 8. The lowest BCUT2D eigenvalue weighted by Gasteiger charge is -2.07. The minimum atomic E-state index is -0.219. The predicted octanol–water partition coefficient (Wildman–Crippen LogP) is 4.72. The Labute approximate surface area is 210 Å². The van der Waals surface area contributed by atoms with E-state index in [0.29, 0.717) is 20.9 Å². The van der Waals surface area contributed by atoms with E-state index in [2.05, 4.69) is 44.9 Å². The smallest absolute Gasteiger partial charge is 0.265 e. The number of aryl methyl sites for hydroxylation is 2. The third-order valence-electron chi connectivity index (χ3n) is 5.09. The van der Waals surface area contributed by atoms with Crippen LogP contribution in [0.2, 0.25) is 0 Å². The van der Waals surface area contributed by atoms with E-state index in [1.165, 1.54) is 32.9 Å². The van der Waals surface area contributed by atoms with Crippen molar-refractivity contribution in [3.05, 3.63) is 51.2 Å². The van der Waals surface area contributed by atoms with E-state index in [1.807, 2.05) is 29.8 Å². The molecule has 4 rings (SSSR count). The molecule has 3 heterocycles. The Morgan fingerprint density at radius 1 is 1.15 bits per heavy atom. The molecule has 4 aromatic rings. The number of rotatable bonds is 7. The van der Waals surface area contributed by atoms with Crippen molar-refractivity contribution >= 4 is 51.4 Å². The van der Waals surface area contributed by atoms with Crippen molar-refractivity contribution in [3.63, 3.8) is 0 Å². The number of benzene rings is 1. The summed E-state index contributed by atoms with van der Waals surface area (Å²) in [6.07, 6.45) is 0. The van der Waals surface area contributed by atoms with Crippen LogP contribution in [0.15, 0.2) is 40.9 Å². The SMILES string of the molecule is Cc1nc(NC(=O)CSc2nnc(-c3csc(C)c3-c3ccccc3)n2C)sc1C(=O)N(C)C. The molecule has 34 heavy (non-hydrogen) atoms. The van der Waals surface area contributed by atoms with Gasteiger partial charge in [0.1, 0.15) is 4.88 Å². The molecular weight excluding hydrogens is 488 g/mol. The monoisotopic (exact) mass is 512 g/mol. The molecule has 0 bridgehead atoms. The van der Waals surface area contributed by atoms with Crippen LogP contribution in [0, 0.1) is 13.8 Å². The molecule has 0 aliphatic rings. The molecule has 0 aliphatic carbocycles. The van der Waals surface area contributed by atoms with Crippen molar-refractivity contribution in [3.8, 4) is 22.5 Å². The maximum atomic E-state index is 12.5. The number of nitrogens with zero attached hydrogens (tertiary/aromatic N) is 5. The van der Waals surface area contributed by atoms with E-state index in [9.17, 15) is 9.59 Å². The summed E-state index contributed by atoms with van der Waals surface area (Å²) in [5.74, 6) is 0.558. The zero-order chi connectivity index (χ0) is 24.4.